The summed E-state index contributed by atoms with van der Waals surface area (Å²) in [7, 11) is 0. The third kappa shape index (κ3) is 2.65. The molecule has 2 aromatic carbocycles. The lowest BCUT2D eigenvalue weighted by atomic mass is 9.66. The minimum Gasteiger partial charge on any atom is -0.0579 e. The van der Waals surface area contributed by atoms with Crippen LogP contribution in [0.2, 0.25) is 0 Å². The van der Waals surface area contributed by atoms with Crippen molar-refractivity contribution in [1.29, 1.82) is 0 Å². The van der Waals surface area contributed by atoms with Gasteiger partial charge in [0.2, 0.25) is 0 Å². The molecular formula is C26H34. The van der Waals surface area contributed by atoms with Gasteiger partial charge in [-0.15, -0.1) is 0 Å². The maximum absolute atomic E-state index is 2.55. The van der Waals surface area contributed by atoms with Gasteiger partial charge >= 0.3 is 0 Å². The molecule has 0 heteroatoms. The van der Waals surface area contributed by atoms with E-state index in [-0.39, 0.29) is 16.2 Å². The largest absolute Gasteiger partial charge is 0.0579 e. The van der Waals surface area contributed by atoms with Gasteiger partial charge in [0.25, 0.3) is 0 Å². The second-order valence-electron chi connectivity index (χ2n) is 10.7. The Morgan fingerprint density at radius 3 is 1.42 bits per heavy atom. The van der Waals surface area contributed by atoms with Crippen LogP contribution in [-0.2, 0) is 16.2 Å². The summed E-state index contributed by atoms with van der Waals surface area (Å²) in [5.41, 5.74) is 9.84. The average molecular weight is 347 g/mol. The van der Waals surface area contributed by atoms with Crippen LogP contribution in [0.4, 0.5) is 0 Å². The van der Waals surface area contributed by atoms with Crippen molar-refractivity contribution >= 4 is 0 Å². The van der Waals surface area contributed by atoms with Gasteiger partial charge in [-0.3, -0.25) is 0 Å². The summed E-state index contributed by atoms with van der Waals surface area (Å²) < 4.78 is 0. The second kappa shape index (κ2) is 5.72. The third-order valence-corrected chi connectivity index (χ3v) is 6.80. The molecule has 0 N–H and O–H groups in total. The van der Waals surface area contributed by atoms with Crippen LogP contribution in [0.15, 0.2) is 36.4 Å². The summed E-state index contributed by atoms with van der Waals surface area (Å²) in [6.07, 6.45) is 6.74. The molecular weight excluding hydrogens is 312 g/mol. The normalized spacial score (nSPS) is 18.7. The van der Waals surface area contributed by atoms with Gasteiger partial charge in [-0.2, -0.15) is 0 Å². The van der Waals surface area contributed by atoms with Gasteiger partial charge in [-0.25, -0.2) is 0 Å². The van der Waals surface area contributed by atoms with Crippen LogP contribution in [-0.4, -0.2) is 0 Å². The van der Waals surface area contributed by atoms with E-state index in [1.54, 1.807) is 11.1 Å². The molecule has 2 aliphatic rings. The molecule has 0 nitrogen and oxygen atoms in total. The van der Waals surface area contributed by atoms with Crippen molar-refractivity contribution in [2.75, 3.05) is 0 Å². The van der Waals surface area contributed by atoms with Gasteiger partial charge in [0.1, 0.15) is 0 Å². The van der Waals surface area contributed by atoms with Crippen molar-refractivity contribution in [3.63, 3.8) is 0 Å². The van der Waals surface area contributed by atoms with E-state index in [4.69, 9.17) is 0 Å². The Kier molecular flexibility index (Phi) is 3.92. The summed E-state index contributed by atoms with van der Waals surface area (Å²) >= 11 is 0. The molecule has 138 valence electrons. The van der Waals surface area contributed by atoms with Crippen molar-refractivity contribution < 1.29 is 0 Å². The van der Waals surface area contributed by atoms with Crippen molar-refractivity contribution in [3.8, 4) is 11.1 Å². The van der Waals surface area contributed by atoms with Crippen LogP contribution >= 0.6 is 0 Å². The zero-order valence-electron chi connectivity index (χ0n) is 17.5. The lowest BCUT2D eigenvalue weighted by molar-refractivity contribution is 0.351. The molecule has 0 unspecified atom stereocenters. The minimum absolute atomic E-state index is 0.205. The lowest BCUT2D eigenvalue weighted by Gasteiger charge is -2.37. The van der Waals surface area contributed by atoms with Crippen molar-refractivity contribution in [1.82, 2.24) is 0 Å². The molecule has 0 radical (unpaired) electrons. The summed E-state index contributed by atoms with van der Waals surface area (Å²) in [5.74, 6) is 0. The molecule has 0 saturated heterocycles. The molecule has 0 aromatic heterocycles. The van der Waals surface area contributed by atoms with Crippen molar-refractivity contribution in [3.05, 3.63) is 58.7 Å². The zero-order chi connectivity index (χ0) is 18.7. The molecule has 0 atom stereocenters. The van der Waals surface area contributed by atoms with E-state index in [2.05, 4.69) is 77.9 Å². The SMILES string of the molecule is CC(C)(C)c1ccc2c(c1)C1(CCCCC1)c1cc(C(C)(C)C)ccc1-2. The zero-order valence-corrected chi connectivity index (χ0v) is 17.5. The standard InChI is InChI=1S/C26H34/c1-24(2,3)18-10-12-20-21-13-11-19(25(4,5)6)17-23(21)26(22(20)16-18)14-8-7-9-15-26/h10-13,16-17H,7-9,14-15H2,1-6H3. The summed E-state index contributed by atoms with van der Waals surface area (Å²) in [6, 6.07) is 14.7. The second-order valence-corrected chi connectivity index (χ2v) is 10.7. The Hall–Kier alpha value is -1.56. The van der Waals surface area contributed by atoms with Gasteiger partial charge < -0.3 is 0 Å². The van der Waals surface area contributed by atoms with E-state index < -0.39 is 0 Å². The number of fused-ring (bicyclic) bond motifs is 5. The van der Waals surface area contributed by atoms with Crippen molar-refractivity contribution in [2.45, 2.75) is 89.9 Å². The van der Waals surface area contributed by atoms with E-state index in [0.29, 0.717) is 0 Å². The van der Waals surface area contributed by atoms with E-state index in [1.165, 1.54) is 54.4 Å². The van der Waals surface area contributed by atoms with Crippen LogP contribution < -0.4 is 0 Å². The molecule has 26 heavy (non-hydrogen) atoms. The summed E-state index contributed by atoms with van der Waals surface area (Å²) in [6.45, 7) is 14.0. The molecule has 2 aromatic rings. The number of benzene rings is 2. The van der Waals surface area contributed by atoms with Gasteiger partial charge in [-0.05, 0) is 57.1 Å². The van der Waals surface area contributed by atoms with Gasteiger partial charge in [0, 0.05) is 5.41 Å². The van der Waals surface area contributed by atoms with E-state index in [0.717, 1.165) is 0 Å². The van der Waals surface area contributed by atoms with Gasteiger partial charge in [0.05, 0.1) is 0 Å². The van der Waals surface area contributed by atoms with Crippen LogP contribution in [0.1, 0.15) is 95.9 Å². The Balaban J connectivity index is 1.96. The fraction of sp³-hybridized carbons (Fsp3) is 0.538. The topological polar surface area (TPSA) is 0 Å². The molecule has 4 rings (SSSR count). The summed E-state index contributed by atoms with van der Waals surface area (Å²) in [4.78, 5) is 0. The van der Waals surface area contributed by atoms with Crippen LogP contribution in [0, 0.1) is 0 Å². The first-order chi connectivity index (χ1) is 12.1. The predicted molar refractivity (Wildman–Crippen MR) is 113 cm³/mol. The third-order valence-electron chi connectivity index (χ3n) is 6.80. The monoisotopic (exact) mass is 346 g/mol. The Labute approximate surface area is 160 Å². The maximum atomic E-state index is 2.55. The molecule has 1 saturated carbocycles. The van der Waals surface area contributed by atoms with Gasteiger partial charge in [0.15, 0.2) is 0 Å². The fourth-order valence-corrected chi connectivity index (χ4v) is 5.12. The highest BCUT2D eigenvalue weighted by Gasteiger charge is 2.44. The lowest BCUT2D eigenvalue weighted by Crippen LogP contribution is -2.29. The van der Waals surface area contributed by atoms with Gasteiger partial charge in [-0.1, -0.05) is 97.2 Å². The number of hydrogen-bond donors (Lipinski definition) is 0. The van der Waals surface area contributed by atoms with Crippen LogP contribution in [0.3, 0.4) is 0 Å². The minimum atomic E-state index is 0.205. The smallest absolute Gasteiger partial charge is 0.0215 e. The molecule has 0 amide bonds. The first-order valence-corrected chi connectivity index (χ1v) is 10.4. The fourth-order valence-electron chi connectivity index (χ4n) is 5.12. The van der Waals surface area contributed by atoms with E-state index >= 15 is 0 Å². The molecule has 0 bridgehead atoms. The average Bonchev–Trinajstić information content (AvgIpc) is 2.84. The van der Waals surface area contributed by atoms with E-state index in [9.17, 15) is 0 Å². The van der Waals surface area contributed by atoms with Crippen molar-refractivity contribution in [2.24, 2.45) is 0 Å². The molecule has 0 heterocycles. The Morgan fingerprint density at radius 1 is 0.615 bits per heavy atom. The Bertz CT molecular complexity index is 768. The first-order valence-electron chi connectivity index (χ1n) is 10.4. The van der Waals surface area contributed by atoms with E-state index in [1.807, 2.05) is 0 Å². The Morgan fingerprint density at radius 2 is 1.04 bits per heavy atom. The first kappa shape index (κ1) is 17.8. The highest BCUT2D eigenvalue weighted by Crippen LogP contribution is 2.56. The number of rotatable bonds is 0. The molecule has 1 fully saturated rings. The quantitative estimate of drug-likeness (QED) is 0.463. The molecule has 1 spiro atoms. The number of hydrogen-bond acceptors (Lipinski definition) is 0. The predicted octanol–water partition coefficient (Wildman–Crippen LogP) is 7.51. The van der Waals surface area contributed by atoms with Crippen LogP contribution in [0.25, 0.3) is 11.1 Å². The maximum Gasteiger partial charge on any atom is 0.0215 e. The molecule has 0 aliphatic heterocycles. The highest BCUT2D eigenvalue weighted by atomic mass is 14.5. The van der Waals surface area contributed by atoms with Crippen LogP contribution in [0.5, 0.6) is 0 Å². The molecule has 2 aliphatic carbocycles. The summed E-state index contributed by atoms with van der Waals surface area (Å²) in [5, 5.41) is 0. The highest BCUT2D eigenvalue weighted by molar-refractivity contribution is 5.82.